The van der Waals surface area contributed by atoms with E-state index in [2.05, 4.69) is 40.4 Å². The number of thioether (sulfide) groups is 1. The third-order valence-electron chi connectivity index (χ3n) is 3.59. The zero-order chi connectivity index (χ0) is 13.8. The predicted molar refractivity (Wildman–Crippen MR) is 83.4 cm³/mol. The summed E-state index contributed by atoms with van der Waals surface area (Å²) in [6.07, 6.45) is 1.20. The van der Waals surface area contributed by atoms with Crippen molar-refractivity contribution in [1.82, 2.24) is 15.3 Å². The number of fused-ring (bicyclic) bond motifs is 1. The van der Waals surface area contributed by atoms with Crippen LogP contribution < -0.4 is 5.32 Å². The molecule has 1 aromatic heterocycles. The first-order valence-electron chi connectivity index (χ1n) is 7.19. The molecule has 20 heavy (non-hydrogen) atoms. The van der Waals surface area contributed by atoms with Crippen molar-refractivity contribution >= 4 is 22.8 Å². The van der Waals surface area contributed by atoms with Crippen LogP contribution in [0, 0.1) is 12.8 Å². The molecule has 1 saturated heterocycles. The maximum absolute atomic E-state index is 5.37. The summed E-state index contributed by atoms with van der Waals surface area (Å²) >= 11 is 1.77. The Morgan fingerprint density at radius 2 is 2.45 bits per heavy atom. The smallest absolute Gasteiger partial charge is 0.166 e. The molecular formula is C15H21N3OS. The zero-order valence-electron chi connectivity index (χ0n) is 11.8. The van der Waals surface area contributed by atoms with Gasteiger partial charge in [-0.15, -0.1) is 0 Å². The van der Waals surface area contributed by atoms with E-state index in [1.807, 2.05) is 0 Å². The normalized spacial score (nSPS) is 18.9. The highest BCUT2D eigenvalue weighted by Gasteiger charge is 2.14. The van der Waals surface area contributed by atoms with Crippen molar-refractivity contribution in [2.75, 3.05) is 32.1 Å². The van der Waals surface area contributed by atoms with Crippen LogP contribution in [0.1, 0.15) is 12.0 Å². The molecular weight excluding hydrogens is 270 g/mol. The largest absolute Gasteiger partial charge is 0.381 e. The Balaban J connectivity index is 1.42. The summed E-state index contributed by atoms with van der Waals surface area (Å²) < 4.78 is 5.37. The molecule has 108 valence electrons. The number of hydrogen-bond acceptors (Lipinski definition) is 4. The number of nitrogens with one attached hydrogen (secondary N) is 2. The molecule has 0 bridgehead atoms. The summed E-state index contributed by atoms with van der Waals surface area (Å²) in [7, 11) is 0. The lowest BCUT2D eigenvalue weighted by atomic mass is 10.1. The van der Waals surface area contributed by atoms with Crippen LogP contribution in [0.2, 0.25) is 0 Å². The molecule has 1 unspecified atom stereocenters. The summed E-state index contributed by atoms with van der Waals surface area (Å²) in [5, 5.41) is 4.51. The number of H-pyrrole nitrogens is 1. The van der Waals surface area contributed by atoms with Gasteiger partial charge in [0.15, 0.2) is 5.16 Å². The first kappa shape index (κ1) is 13.9. The zero-order valence-corrected chi connectivity index (χ0v) is 12.6. The van der Waals surface area contributed by atoms with Gasteiger partial charge in [-0.3, -0.25) is 0 Å². The molecule has 2 heterocycles. The Bertz CT molecular complexity index is 563. The predicted octanol–water partition coefficient (Wildman–Crippen LogP) is 2.59. The van der Waals surface area contributed by atoms with E-state index < -0.39 is 0 Å². The van der Waals surface area contributed by atoms with E-state index in [4.69, 9.17) is 4.74 Å². The standard InChI is InChI=1S/C15H21N3OS/c1-11-2-3-13-14(8-11)18-15(17-13)20-7-5-16-9-12-4-6-19-10-12/h2-3,8,12,16H,4-7,9-10H2,1H3,(H,17,18). The molecule has 1 aliphatic rings. The number of aromatic amines is 1. The van der Waals surface area contributed by atoms with Gasteiger partial charge in [0, 0.05) is 25.4 Å². The van der Waals surface area contributed by atoms with Crippen LogP contribution in [0.3, 0.4) is 0 Å². The van der Waals surface area contributed by atoms with Crippen LogP contribution >= 0.6 is 11.8 Å². The van der Waals surface area contributed by atoms with Gasteiger partial charge in [0.2, 0.25) is 0 Å². The van der Waals surface area contributed by atoms with Crippen molar-refractivity contribution in [2.45, 2.75) is 18.5 Å². The molecule has 1 aliphatic heterocycles. The molecule has 2 aromatic rings. The lowest BCUT2D eigenvalue weighted by Crippen LogP contribution is -2.25. The SMILES string of the molecule is Cc1ccc2nc(SCCNCC3CCOC3)[nH]c2c1. The van der Waals surface area contributed by atoms with E-state index in [1.54, 1.807) is 11.8 Å². The van der Waals surface area contributed by atoms with Gasteiger partial charge in [-0.25, -0.2) is 4.98 Å². The average Bonchev–Trinajstić information content (AvgIpc) is 3.06. The molecule has 4 nitrogen and oxygen atoms in total. The maximum atomic E-state index is 5.37. The van der Waals surface area contributed by atoms with Crippen molar-refractivity contribution in [3.05, 3.63) is 23.8 Å². The monoisotopic (exact) mass is 291 g/mol. The summed E-state index contributed by atoms with van der Waals surface area (Å²) in [6.45, 7) is 6.03. The number of imidazole rings is 1. The molecule has 0 amide bonds. The molecule has 0 saturated carbocycles. The van der Waals surface area contributed by atoms with Crippen LogP contribution in [-0.4, -0.2) is 42.0 Å². The van der Waals surface area contributed by atoms with Crippen LogP contribution in [0.4, 0.5) is 0 Å². The Labute approximate surface area is 123 Å². The van der Waals surface area contributed by atoms with Crippen LogP contribution in [-0.2, 0) is 4.74 Å². The van der Waals surface area contributed by atoms with Crippen molar-refractivity contribution in [3.8, 4) is 0 Å². The van der Waals surface area contributed by atoms with Gasteiger partial charge in [0.1, 0.15) is 0 Å². The first-order valence-corrected chi connectivity index (χ1v) is 8.17. The minimum atomic E-state index is 0.703. The summed E-state index contributed by atoms with van der Waals surface area (Å²) in [6, 6.07) is 6.32. The molecule has 0 aliphatic carbocycles. The third kappa shape index (κ3) is 3.53. The Morgan fingerprint density at radius 3 is 3.30 bits per heavy atom. The Morgan fingerprint density at radius 1 is 1.50 bits per heavy atom. The molecule has 1 atom stereocenters. The van der Waals surface area contributed by atoms with Gasteiger partial charge in [-0.05, 0) is 37.0 Å². The average molecular weight is 291 g/mol. The molecule has 0 radical (unpaired) electrons. The number of aromatic nitrogens is 2. The summed E-state index contributed by atoms with van der Waals surface area (Å²) in [5.74, 6) is 1.74. The van der Waals surface area contributed by atoms with Crippen molar-refractivity contribution in [1.29, 1.82) is 0 Å². The summed E-state index contributed by atoms with van der Waals surface area (Å²) in [4.78, 5) is 7.96. The maximum Gasteiger partial charge on any atom is 0.166 e. The fourth-order valence-electron chi connectivity index (χ4n) is 2.44. The number of hydrogen-bond donors (Lipinski definition) is 2. The number of benzene rings is 1. The van der Waals surface area contributed by atoms with Gasteiger partial charge in [0.05, 0.1) is 17.6 Å². The molecule has 1 fully saturated rings. The molecule has 1 aromatic carbocycles. The summed E-state index contributed by atoms with van der Waals surface area (Å²) in [5.41, 5.74) is 3.44. The van der Waals surface area contributed by atoms with Gasteiger partial charge in [0.25, 0.3) is 0 Å². The number of ether oxygens (including phenoxy) is 1. The van der Waals surface area contributed by atoms with E-state index in [0.717, 1.165) is 48.2 Å². The van der Waals surface area contributed by atoms with E-state index in [0.29, 0.717) is 5.92 Å². The van der Waals surface area contributed by atoms with Crippen LogP contribution in [0.15, 0.2) is 23.4 Å². The number of rotatable bonds is 6. The van der Waals surface area contributed by atoms with Gasteiger partial charge in [-0.2, -0.15) is 0 Å². The fourth-order valence-corrected chi connectivity index (χ4v) is 3.22. The van der Waals surface area contributed by atoms with Crippen molar-refractivity contribution in [3.63, 3.8) is 0 Å². The van der Waals surface area contributed by atoms with E-state index >= 15 is 0 Å². The highest BCUT2D eigenvalue weighted by atomic mass is 32.2. The minimum absolute atomic E-state index is 0.703. The van der Waals surface area contributed by atoms with Crippen LogP contribution in [0.25, 0.3) is 11.0 Å². The lowest BCUT2D eigenvalue weighted by Gasteiger charge is -2.08. The molecule has 5 heteroatoms. The van der Waals surface area contributed by atoms with E-state index in [1.165, 1.54) is 12.0 Å². The van der Waals surface area contributed by atoms with Crippen LogP contribution in [0.5, 0.6) is 0 Å². The fraction of sp³-hybridized carbons (Fsp3) is 0.533. The van der Waals surface area contributed by atoms with E-state index in [-0.39, 0.29) is 0 Å². The van der Waals surface area contributed by atoms with Crippen molar-refractivity contribution in [2.24, 2.45) is 5.92 Å². The highest BCUT2D eigenvalue weighted by molar-refractivity contribution is 7.99. The number of nitrogens with zero attached hydrogens (tertiary/aromatic N) is 1. The second-order valence-electron chi connectivity index (χ2n) is 5.34. The van der Waals surface area contributed by atoms with Gasteiger partial charge >= 0.3 is 0 Å². The van der Waals surface area contributed by atoms with Gasteiger partial charge in [-0.1, -0.05) is 17.8 Å². The molecule has 3 rings (SSSR count). The number of aryl methyl sites for hydroxylation is 1. The Kier molecular flexibility index (Phi) is 4.60. The second kappa shape index (κ2) is 6.61. The lowest BCUT2D eigenvalue weighted by molar-refractivity contribution is 0.185. The van der Waals surface area contributed by atoms with Crippen molar-refractivity contribution < 1.29 is 4.74 Å². The quantitative estimate of drug-likeness (QED) is 0.634. The highest BCUT2D eigenvalue weighted by Crippen LogP contribution is 2.20. The Hall–Kier alpha value is -1.04. The second-order valence-corrected chi connectivity index (χ2v) is 6.43. The third-order valence-corrected chi connectivity index (χ3v) is 4.47. The first-order chi connectivity index (χ1) is 9.81. The minimum Gasteiger partial charge on any atom is -0.381 e. The topological polar surface area (TPSA) is 49.9 Å². The molecule has 0 spiro atoms. The molecule has 2 N–H and O–H groups in total. The van der Waals surface area contributed by atoms with Gasteiger partial charge < -0.3 is 15.0 Å². The van der Waals surface area contributed by atoms with E-state index in [9.17, 15) is 0 Å².